The number of anilines is 1. The first-order chi connectivity index (χ1) is 14.7. The summed E-state index contributed by atoms with van der Waals surface area (Å²) in [5, 5.41) is 11.0. The van der Waals surface area contributed by atoms with Crippen LogP contribution in [0.2, 0.25) is 0 Å². The van der Waals surface area contributed by atoms with Gasteiger partial charge in [0.15, 0.2) is 18.1 Å². The molecule has 9 nitrogen and oxygen atoms in total. The van der Waals surface area contributed by atoms with Crippen LogP contribution in [0.3, 0.4) is 0 Å². The Balaban J connectivity index is 2.02. The van der Waals surface area contributed by atoms with E-state index < -0.39 is 30.4 Å². The molecule has 0 radical (unpaired) electrons. The Morgan fingerprint density at radius 3 is 2.55 bits per heavy atom. The predicted octanol–water partition coefficient (Wildman–Crippen LogP) is 2.90. The first-order valence-corrected chi connectivity index (χ1v) is 9.71. The van der Waals surface area contributed by atoms with Crippen molar-refractivity contribution in [2.45, 2.75) is 6.92 Å². The smallest absolute Gasteiger partial charge is 0.341 e. The van der Waals surface area contributed by atoms with Gasteiger partial charge >= 0.3 is 12.0 Å². The number of urea groups is 1. The van der Waals surface area contributed by atoms with E-state index >= 15 is 0 Å². The van der Waals surface area contributed by atoms with Crippen LogP contribution in [0.4, 0.5) is 10.5 Å². The van der Waals surface area contributed by atoms with Crippen LogP contribution >= 0.6 is 15.9 Å². The number of ether oxygens (including phenoxy) is 2. The van der Waals surface area contributed by atoms with Gasteiger partial charge in [-0.05, 0) is 42.3 Å². The van der Waals surface area contributed by atoms with Crippen LogP contribution in [-0.4, -0.2) is 42.6 Å². The molecule has 0 unspecified atom stereocenters. The number of para-hydroxylation sites is 1. The van der Waals surface area contributed by atoms with Gasteiger partial charge in [0.05, 0.1) is 12.8 Å². The second kappa shape index (κ2) is 9.00. The minimum Gasteiger partial charge on any atom is -0.493 e. The molecule has 0 aromatic heterocycles. The summed E-state index contributed by atoms with van der Waals surface area (Å²) in [5.41, 5.74) is 1.17. The van der Waals surface area contributed by atoms with Crippen molar-refractivity contribution in [3.05, 3.63) is 57.6 Å². The van der Waals surface area contributed by atoms with Crippen LogP contribution in [0.5, 0.6) is 11.5 Å². The monoisotopic (exact) mass is 488 g/mol. The molecule has 1 fully saturated rings. The number of carbonyl (C=O) groups excluding carboxylic acids is 3. The Morgan fingerprint density at radius 2 is 1.90 bits per heavy atom. The molecule has 2 aromatic carbocycles. The van der Waals surface area contributed by atoms with Crippen molar-refractivity contribution in [1.29, 1.82) is 0 Å². The second-order valence-electron chi connectivity index (χ2n) is 6.45. The summed E-state index contributed by atoms with van der Waals surface area (Å²) in [4.78, 5) is 49.5. The van der Waals surface area contributed by atoms with E-state index in [1.807, 2.05) is 0 Å². The van der Waals surface area contributed by atoms with E-state index in [0.29, 0.717) is 21.3 Å². The van der Waals surface area contributed by atoms with Crippen LogP contribution < -0.4 is 19.7 Å². The summed E-state index contributed by atoms with van der Waals surface area (Å²) in [6, 6.07) is 8.90. The van der Waals surface area contributed by atoms with Crippen LogP contribution in [0.1, 0.15) is 11.1 Å². The number of benzene rings is 2. The number of carbonyl (C=O) groups is 4. The fourth-order valence-electron chi connectivity index (χ4n) is 2.92. The zero-order valence-electron chi connectivity index (χ0n) is 16.5. The minimum absolute atomic E-state index is 0.162. The third-order valence-corrected chi connectivity index (χ3v) is 5.08. The number of amides is 4. The lowest BCUT2D eigenvalue weighted by Crippen LogP contribution is -2.54. The van der Waals surface area contributed by atoms with Crippen LogP contribution in [-0.2, 0) is 14.4 Å². The summed E-state index contributed by atoms with van der Waals surface area (Å²) in [7, 11) is 1.37. The Morgan fingerprint density at radius 1 is 1.19 bits per heavy atom. The van der Waals surface area contributed by atoms with Gasteiger partial charge in [0, 0.05) is 4.47 Å². The van der Waals surface area contributed by atoms with Gasteiger partial charge in [-0.3, -0.25) is 14.9 Å². The molecule has 1 saturated heterocycles. The fraction of sp³-hybridized carbons (Fsp3) is 0.143. The number of hydrogen-bond donors (Lipinski definition) is 2. The second-order valence-corrected chi connectivity index (χ2v) is 7.31. The lowest BCUT2D eigenvalue weighted by molar-refractivity contribution is -0.139. The third-order valence-electron chi connectivity index (χ3n) is 4.39. The fourth-order valence-corrected chi connectivity index (χ4v) is 3.36. The topological polar surface area (TPSA) is 122 Å². The molecule has 31 heavy (non-hydrogen) atoms. The molecule has 0 bridgehead atoms. The van der Waals surface area contributed by atoms with Gasteiger partial charge < -0.3 is 14.6 Å². The van der Waals surface area contributed by atoms with E-state index in [2.05, 4.69) is 21.2 Å². The number of carboxylic acids is 1. The van der Waals surface area contributed by atoms with Crippen LogP contribution in [0, 0.1) is 6.92 Å². The normalized spacial score (nSPS) is 15.1. The van der Waals surface area contributed by atoms with Crippen molar-refractivity contribution in [1.82, 2.24) is 5.32 Å². The number of hydrogen-bond acceptors (Lipinski definition) is 6. The number of halogens is 1. The molecule has 0 atom stereocenters. The Bertz CT molecular complexity index is 1130. The Hall–Kier alpha value is -3.66. The van der Waals surface area contributed by atoms with Gasteiger partial charge in [0.25, 0.3) is 11.8 Å². The number of imide groups is 2. The van der Waals surface area contributed by atoms with Crippen LogP contribution in [0.15, 0.2) is 46.4 Å². The van der Waals surface area contributed by atoms with Crippen molar-refractivity contribution in [3.8, 4) is 11.5 Å². The maximum absolute atomic E-state index is 13.1. The molecule has 1 aliphatic rings. The standard InChI is InChI=1S/C21H17BrN2O7/c1-11-5-3-4-6-15(11)24-20(28)13(19(27)23-21(24)29)7-12-8-16(30-2)17(9-14(12)22)31-10-18(25)26/h3-9H,10H2,1-2H3,(H,25,26)(H,23,27,29)/b13-7+. The molecule has 160 valence electrons. The summed E-state index contributed by atoms with van der Waals surface area (Å²) < 4.78 is 10.8. The van der Waals surface area contributed by atoms with Gasteiger partial charge in [-0.1, -0.05) is 34.1 Å². The lowest BCUT2D eigenvalue weighted by atomic mass is 10.1. The molecule has 1 aliphatic heterocycles. The summed E-state index contributed by atoms with van der Waals surface area (Å²) >= 11 is 3.32. The molecule has 0 saturated carbocycles. The SMILES string of the molecule is COc1cc(/C=C2\C(=O)NC(=O)N(c3ccccc3C)C2=O)c(Br)cc1OCC(=O)O. The quantitative estimate of drug-likeness (QED) is 0.473. The largest absolute Gasteiger partial charge is 0.493 e. The first kappa shape index (κ1) is 22.0. The zero-order valence-corrected chi connectivity index (χ0v) is 18.1. The van der Waals surface area contributed by atoms with Crippen molar-refractivity contribution in [2.75, 3.05) is 18.6 Å². The number of aliphatic carboxylic acids is 1. The van der Waals surface area contributed by atoms with Crippen LogP contribution in [0.25, 0.3) is 6.08 Å². The van der Waals surface area contributed by atoms with Crippen molar-refractivity contribution in [3.63, 3.8) is 0 Å². The number of aryl methyl sites for hydroxylation is 1. The van der Waals surface area contributed by atoms with E-state index in [9.17, 15) is 19.2 Å². The number of barbiturate groups is 1. The van der Waals surface area contributed by atoms with Gasteiger partial charge in [-0.25, -0.2) is 14.5 Å². The van der Waals surface area contributed by atoms with Gasteiger partial charge in [0.2, 0.25) is 0 Å². The minimum atomic E-state index is -1.16. The van der Waals surface area contributed by atoms with E-state index in [-0.39, 0.29) is 17.1 Å². The molecule has 0 aliphatic carbocycles. The summed E-state index contributed by atoms with van der Waals surface area (Å²) in [5.74, 6) is -2.41. The maximum Gasteiger partial charge on any atom is 0.341 e. The molecule has 1 heterocycles. The highest BCUT2D eigenvalue weighted by Gasteiger charge is 2.37. The number of rotatable bonds is 6. The third kappa shape index (κ3) is 4.58. The molecule has 0 spiro atoms. The average Bonchev–Trinajstić information content (AvgIpc) is 2.71. The highest BCUT2D eigenvalue weighted by atomic mass is 79.9. The zero-order chi connectivity index (χ0) is 22.7. The molecule has 3 rings (SSSR count). The summed E-state index contributed by atoms with van der Waals surface area (Å²) in [6.07, 6.45) is 1.31. The molecular weight excluding hydrogens is 472 g/mol. The van der Waals surface area contributed by atoms with Crippen molar-refractivity contribution >= 4 is 51.5 Å². The maximum atomic E-state index is 13.1. The Labute approximate surface area is 185 Å². The molecule has 4 amide bonds. The van der Waals surface area contributed by atoms with Gasteiger partial charge in [-0.15, -0.1) is 0 Å². The predicted molar refractivity (Wildman–Crippen MR) is 114 cm³/mol. The summed E-state index contributed by atoms with van der Waals surface area (Å²) in [6.45, 7) is 1.17. The molecular formula is C21H17BrN2O7. The van der Waals surface area contributed by atoms with Crippen molar-refractivity contribution < 1.29 is 33.8 Å². The van der Waals surface area contributed by atoms with E-state index in [4.69, 9.17) is 14.6 Å². The van der Waals surface area contributed by atoms with Crippen molar-refractivity contribution in [2.24, 2.45) is 0 Å². The highest BCUT2D eigenvalue weighted by Crippen LogP contribution is 2.35. The Kier molecular flexibility index (Phi) is 6.40. The number of methoxy groups -OCH3 is 1. The highest BCUT2D eigenvalue weighted by molar-refractivity contribution is 9.10. The van der Waals surface area contributed by atoms with Gasteiger partial charge in [-0.2, -0.15) is 0 Å². The molecule has 2 N–H and O–H groups in total. The number of nitrogens with one attached hydrogen (secondary N) is 1. The lowest BCUT2D eigenvalue weighted by Gasteiger charge is -2.27. The first-order valence-electron chi connectivity index (χ1n) is 8.92. The van der Waals surface area contributed by atoms with E-state index in [1.54, 1.807) is 31.2 Å². The number of carboxylic acid groups (broad SMARTS) is 1. The van der Waals surface area contributed by atoms with Gasteiger partial charge in [0.1, 0.15) is 5.57 Å². The average molecular weight is 489 g/mol. The molecule has 10 heteroatoms. The van der Waals surface area contributed by atoms with E-state index in [0.717, 1.165) is 4.90 Å². The molecule has 2 aromatic rings. The van der Waals surface area contributed by atoms with E-state index in [1.165, 1.54) is 25.3 Å². The number of nitrogens with zero attached hydrogens (tertiary/aromatic N) is 1.